The van der Waals surface area contributed by atoms with Crippen LogP contribution in [0.4, 0.5) is 0 Å². The lowest BCUT2D eigenvalue weighted by atomic mass is 10.1. The van der Waals surface area contributed by atoms with Crippen molar-refractivity contribution in [3.63, 3.8) is 0 Å². The van der Waals surface area contributed by atoms with Gasteiger partial charge in [-0.3, -0.25) is 0 Å². The van der Waals surface area contributed by atoms with E-state index in [1.54, 1.807) is 18.4 Å². The Bertz CT molecular complexity index is 746. The van der Waals surface area contributed by atoms with E-state index in [0.717, 1.165) is 10.2 Å². The number of ether oxygens (including phenoxy) is 1. The highest BCUT2D eigenvalue weighted by atomic mass is 79.9. The molecule has 1 nitrogen and oxygen atoms in total. The van der Waals surface area contributed by atoms with E-state index >= 15 is 0 Å². The van der Waals surface area contributed by atoms with Crippen LogP contribution in [-0.4, -0.2) is 7.11 Å². The van der Waals surface area contributed by atoms with Gasteiger partial charge in [0.05, 0.1) is 7.11 Å². The van der Waals surface area contributed by atoms with Crippen molar-refractivity contribution in [2.45, 2.75) is 6.92 Å². The smallest absolute Gasteiger partial charge is 0.120 e. The molecule has 19 heavy (non-hydrogen) atoms. The van der Waals surface area contributed by atoms with Gasteiger partial charge in [0.15, 0.2) is 0 Å². The van der Waals surface area contributed by atoms with Crippen LogP contribution in [0.25, 0.3) is 20.5 Å². The summed E-state index contributed by atoms with van der Waals surface area (Å²) in [6.07, 6.45) is 0. The number of halogens is 1. The predicted molar refractivity (Wildman–Crippen MR) is 86.3 cm³/mol. The zero-order valence-electron chi connectivity index (χ0n) is 10.7. The van der Waals surface area contributed by atoms with Crippen molar-refractivity contribution in [1.82, 2.24) is 0 Å². The normalized spacial score (nSPS) is 10.9. The van der Waals surface area contributed by atoms with Gasteiger partial charge in [-0.1, -0.05) is 22.0 Å². The third kappa shape index (κ3) is 2.40. The Hall–Kier alpha value is -1.32. The first-order valence-corrected chi connectivity index (χ1v) is 7.62. The minimum Gasteiger partial charge on any atom is -0.497 e. The van der Waals surface area contributed by atoms with Gasteiger partial charge >= 0.3 is 0 Å². The molecule has 3 heteroatoms. The van der Waals surface area contributed by atoms with Crippen molar-refractivity contribution in [3.8, 4) is 16.2 Å². The summed E-state index contributed by atoms with van der Waals surface area (Å²) in [6, 6.07) is 14.9. The average Bonchev–Trinajstić information content (AvgIpc) is 2.80. The third-order valence-corrected chi connectivity index (χ3v) is 4.81. The van der Waals surface area contributed by atoms with E-state index in [9.17, 15) is 0 Å². The Balaban J connectivity index is 2.14. The molecule has 0 atom stereocenters. The molecule has 96 valence electrons. The van der Waals surface area contributed by atoms with Crippen LogP contribution in [0.1, 0.15) is 5.56 Å². The summed E-state index contributed by atoms with van der Waals surface area (Å²) in [6.45, 7) is 2.14. The maximum Gasteiger partial charge on any atom is 0.120 e. The first-order chi connectivity index (χ1) is 9.17. The molecule has 3 aromatic rings. The van der Waals surface area contributed by atoms with Crippen molar-refractivity contribution < 1.29 is 4.74 Å². The first kappa shape index (κ1) is 12.7. The van der Waals surface area contributed by atoms with Crippen molar-refractivity contribution >= 4 is 37.4 Å². The minimum atomic E-state index is 0.911. The number of rotatable bonds is 2. The van der Waals surface area contributed by atoms with Gasteiger partial charge in [0, 0.05) is 14.0 Å². The molecule has 0 radical (unpaired) electrons. The lowest BCUT2D eigenvalue weighted by molar-refractivity contribution is 0.415. The summed E-state index contributed by atoms with van der Waals surface area (Å²) in [4.78, 5) is 1.30. The van der Waals surface area contributed by atoms with Crippen LogP contribution in [0.5, 0.6) is 5.75 Å². The van der Waals surface area contributed by atoms with Gasteiger partial charge in [-0.05, 0) is 59.8 Å². The molecule has 3 rings (SSSR count). The van der Waals surface area contributed by atoms with Gasteiger partial charge in [0.25, 0.3) is 0 Å². The van der Waals surface area contributed by atoms with E-state index in [1.165, 1.54) is 26.1 Å². The maximum absolute atomic E-state index is 5.28. The largest absolute Gasteiger partial charge is 0.497 e. The highest BCUT2D eigenvalue weighted by Crippen LogP contribution is 2.37. The standard InChI is InChI=1S/C16H13BrOS/c1-10-7-12(17)4-6-14(10)16-8-11-3-5-13(18-2)9-15(11)19-16/h3-9H,1-2H3. The summed E-state index contributed by atoms with van der Waals surface area (Å²) in [5.74, 6) is 0.911. The molecule has 2 aromatic carbocycles. The van der Waals surface area contributed by atoms with Gasteiger partial charge in [-0.25, -0.2) is 0 Å². The predicted octanol–water partition coefficient (Wildman–Crippen LogP) is 5.65. The fourth-order valence-electron chi connectivity index (χ4n) is 2.17. The molecule has 1 heterocycles. The van der Waals surface area contributed by atoms with Crippen molar-refractivity contribution in [1.29, 1.82) is 0 Å². The number of fused-ring (bicyclic) bond motifs is 1. The molecule has 0 N–H and O–H groups in total. The van der Waals surface area contributed by atoms with E-state index in [1.807, 2.05) is 6.07 Å². The summed E-state index contributed by atoms with van der Waals surface area (Å²) < 4.78 is 7.66. The zero-order valence-corrected chi connectivity index (χ0v) is 13.1. The van der Waals surface area contributed by atoms with Gasteiger partial charge in [-0.2, -0.15) is 0 Å². The molecule has 0 fully saturated rings. The highest BCUT2D eigenvalue weighted by Gasteiger charge is 2.08. The quantitative estimate of drug-likeness (QED) is 0.589. The summed E-state index contributed by atoms with van der Waals surface area (Å²) in [5.41, 5.74) is 2.58. The van der Waals surface area contributed by atoms with E-state index in [-0.39, 0.29) is 0 Å². The van der Waals surface area contributed by atoms with Crippen molar-refractivity contribution in [2.75, 3.05) is 7.11 Å². The molecular weight excluding hydrogens is 320 g/mol. The molecule has 0 aliphatic rings. The minimum absolute atomic E-state index is 0.911. The van der Waals surface area contributed by atoms with Crippen LogP contribution in [0, 0.1) is 6.92 Å². The van der Waals surface area contributed by atoms with Crippen molar-refractivity contribution in [2.24, 2.45) is 0 Å². The molecule has 0 saturated carbocycles. The number of hydrogen-bond acceptors (Lipinski definition) is 2. The van der Waals surface area contributed by atoms with Crippen LogP contribution in [0.3, 0.4) is 0 Å². The second-order valence-corrected chi connectivity index (χ2v) is 6.47. The SMILES string of the molecule is COc1ccc2cc(-c3ccc(Br)cc3C)sc2c1. The lowest BCUT2D eigenvalue weighted by Crippen LogP contribution is -1.79. The molecule has 0 spiro atoms. The summed E-state index contributed by atoms with van der Waals surface area (Å²) in [7, 11) is 1.70. The number of hydrogen-bond donors (Lipinski definition) is 0. The molecular formula is C16H13BrOS. The lowest BCUT2D eigenvalue weighted by Gasteiger charge is -2.02. The molecule has 0 amide bonds. The Morgan fingerprint density at radius 3 is 2.63 bits per heavy atom. The highest BCUT2D eigenvalue weighted by molar-refractivity contribution is 9.10. The Morgan fingerprint density at radius 1 is 1.05 bits per heavy atom. The Kier molecular flexibility index (Phi) is 3.33. The topological polar surface area (TPSA) is 9.23 Å². The second kappa shape index (κ2) is 4.99. The first-order valence-electron chi connectivity index (χ1n) is 6.01. The van der Waals surface area contributed by atoms with Crippen LogP contribution in [0.2, 0.25) is 0 Å². The number of aryl methyl sites for hydroxylation is 1. The van der Waals surface area contributed by atoms with Gasteiger partial charge in [-0.15, -0.1) is 11.3 Å². The fourth-order valence-corrected chi connectivity index (χ4v) is 3.83. The molecule has 0 saturated heterocycles. The Morgan fingerprint density at radius 2 is 1.89 bits per heavy atom. The third-order valence-electron chi connectivity index (χ3n) is 3.18. The molecule has 0 unspecified atom stereocenters. The second-order valence-electron chi connectivity index (χ2n) is 4.47. The van der Waals surface area contributed by atoms with Crippen LogP contribution >= 0.6 is 27.3 Å². The number of benzene rings is 2. The van der Waals surface area contributed by atoms with E-state index in [2.05, 4.69) is 59.3 Å². The number of methoxy groups -OCH3 is 1. The van der Waals surface area contributed by atoms with E-state index in [4.69, 9.17) is 4.74 Å². The monoisotopic (exact) mass is 332 g/mol. The summed E-state index contributed by atoms with van der Waals surface area (Å²) in [5, 5.41) is 1.27. The maximum atomic E-state index is 5.28. The molecule has 0 aliphatic carbocycles. The molecule has 0 aliphatic heterocycles. The van der Waals surface area contributed by atoms with Gasteiger partial charge in [0.1, 0.15) is 5.75 Å². The van der Waals surface area contributed by atoms with Gasteiger partial charge < -0.3 is 4.74 Å². The molecule has 0 bridgehead atoms. The number of thiophene rings is 1. The Labute approximate surface area is 125 Å². The van der Waals surface area contributed by atoms with E-state index in [0.29, 0.717) is 0 Å². The van der Waals surface area contributed by atoms with Crippen LogP contribution in [0.15, 0.2) is 46.9 Å². The molecule has 1 aromatic heterocycles. The van der Waals surface area contributed by atoms with Crippen LogP contribution < -0.4 is 4.74 Å². The fraction of sp³-hybridized carbons (Fsp3) is 0.125. The van der Waals surface area contributed by atoms with E-state index < -0.39 is 0 Å². The zero-order chi connectivity index (χ0) is 13.4. The van der Waals surface area contributed by atoms with Crippen LogP contribution in [-0.2, 0) is 0 Å². The average molecular weight is 333 g/mol. The van der Waals surface area contributed by atoms with Gasteiger partial charge in [0.2, 0.25) is 0 Å². The summed E-state index contributed by atoms with van der Waals surface area (Å²) >= 11 is 5.31. The van der Waals surface area contributed by atoms with Crippen molar-refractivity contribution in [3.05, 3.63) is 52.5 Å².